The highest BCUT2D eigenvalue weighted by atomic mass is 32.2. The smallest absolute Gasteiger partial charge is 0.362 e. The Balaban J connectivity index is 1.28. The molecule has 0 radical (unpaired) electrons. The van der Waals surface area contributed by atoms with Gasteiger partial charge in [-0.2, -0.15) is 23.4 Å². The van der Waals surface area contributed by atoms with Gasteiger partial charge in [-0.1, -0.05) is 5.16 Å². The zero-order chi connectivity index (χ0) is 30.9. The van der Waals surface area contributed by atoms with E-state index in [4.69, 9.17) is 16.3 Å². The van der Waals surface area contributed by atoms with Crippen molar-refractivity contribution < 1.29 is 37.3 Å². The molecule has 1 saturated carbocycles. The average Bonchev–Trinajstić information content (AvgIpc) is 3.37. The Hall–Kier alpha value is -4.41. The number of carbonyl (C=O) groups is 3. The monoisotopic (exact) mass is 640 g/mol. The van der Waals surface area contributed by atoms with Gasteiger partial charge in [0, 0.05) is 43.8 Å². The van der Waals surface area contributed by atoms with Crippen LogP contribution < -0.4 is 27.4 Å². The van der Waals surface area contributed by atoms with Gasteiger partial charge in [-0.05, 0) is 0 Å². The molecule has 0 unspecified atom stereocenters. The molecule has 2 atom stereocenters. The van der Waals surface area contributed by atoms with Gasteiger partial charge < -0.3 is 37.4 Å². The number of aliphatic imine (C=N–C) groups is 1. The number of oxime groups is 1. The Kier molecular flexibility index (Phi) is 8.18. The molecule has 5 rings (SSSR count). The largest absolute Gasteiger partial charge is 0.478 e. The molecule has 0 aromatic carbocycles. The minimum absolute atomic E-state index is 0.0575. The summed E-state index contributed by atoms with van der Waals surface area (Å²) in [6.45, 7) is 2.16. The molecule has 3 aliphatic rings. The summed E-state index contributed by atoms with van der Waals surface area (Å²) in [6, 6.07) is -2.81. The normalized spacial score (nSPS) is 22.0. The molecule has 232 valence electrons. The van der Waals surface area contributed by atoms with Gasteiger partial charge in [0.1, 0.15) is 23.5 Å². The minimum Gasteiger partial charge on any atom is -0.478 e. The maximum Gasteiger partial charge on any atom is 0.362 e. The number of nitrogen functional groups attached to an aromatic ring is 1. The fourth-order valence-corrected chi connectivity index (χ4v) is 5.59. The summed E-state index contributed by atoms with van der Waals surface area (Å²) >= 11 is 0.969. The molecule has 2 amide bonds. The molecular weight excluding hydrogens is 612 g/mol. The minimum atomic E-state index is -5.01. The number of nitrogens with two attached hydrogens (primary N) is 2. The van der Waals surface area contributed by atoms with Crippen LogP contribution in [0, 0.1) is 5.92 Å². The molecule has 43 heavy (non-hydrogen) atoms. The number of nitrogens with one attached hydrogen (secondary N) is 3. The Morgan fingerprint density at radius 2 is 2.07 bits per heavy atom. The Bertz CT molecular complexity index is 1580. The van der Waals surface area contributed by atoms with Crippen molar-refractivity contribution in [1.29, 1.82) is 0 Å². The van der Waals surface area contributed by atoms with Crippen molar-refractivity contribution in [1.82, 2.24) is 40.2 Å². The number of β-lactam (4-membered cyclic amide) rings is 1. The molecule has 2 aromatic rings. The summed E-state index contributed by atoms with van der Waals surface area (Å²) in [5, 5.41) is 31.3. The maximum absolute atomic E-state index is 13.2. The standard InChI is InChI=1S/C21H28N12O8S2/c22-19(25-5-10-3-24-4-10)26-6-11-7-27-32(30-11)8-13-15(17(35)33(13)43(38,39)40)29-16(34)14(12-9-42-20(23)28-12)31-41-21(1-2-21)18(36)37/h7,9-10,13,15,24H,1-6,8H2,(H2,23,28)(H,29,34)(H,36,37)(H3,22,25,26)(H,38,39,40)/b31-14-/t13-,15+/m1/s1. The highest BCUT2D eigenvalue weighted by Gasteiger charge is 2.56. The number of carboxylic acids is 1. The summed E-state index contributed by atoms with van der Waals surface area (Å²) in [7, 11) is -5.01. The van der Waals surface area contributed by atoms with Crippen LogP contribution in [0.25, 0.3) is 0 Å². The van der Waals surface area contributed by atoms with Crippen LogP contribution in [-0.2, 0) is 42.6 Å². The van der Waals surface area contributed by atoms with Gasteiger partial charge in [-0.15, -0.1) is 11.3 Å². The van der Waals surface area contributed by atoms with E-state index in [1.165, 1.54) is 11.6 Å². The van der Waals surface area contributed by atoms with Gasteiger partial charge in [0.25, 0.3) is 11.8 Å². The number of hydrogen-bond acceptors (Lipinski definition) is 14. The second-order valence-corrected chi connectivity index (χ2v) is 12.2. The van der Waals surface area contributed by atoms with Gasteiger partial charge in [0.15, 0.2) is 16.8 Å². The van der Waals surface area contributed by atoms with Gasteiger partial charge in [-0.25, -0.2) is 19.1 Å². The van der Waals surface area contributed by atoms with Crippen LogP contribution in [-0.4, -0.2) is 109 Å². The molecule has 1 aliphatic carbocycles. The lowest BCUT2D eigenvalue weighted by atomic mass is 9.98. The van der Waals surface area contributed by atoms with Gasteiger partial charge in [0.05, 0.1) is 19.3 Å². The molecule has 0 bridgehead atoms. The van der Waals surface area contributed by atoms with Gasteiger partial charge in [0.2, 0.25) is 5.60 Å². The van der Waals surface area contributed by atoms with Crippen LogP contribution in [0.2, 0.25) is 0 Å². The van der Waals surface area contributed by atoms with Crippen LogP contribution in [0.1, 0.15) is 24.2 Å². The molecule has 0 spiro atoms. The number of nitrogens with zero attached hydrogens (tertiary/aromatic N) is 7. The maximum atomic E-state index is 13.2. The number of amides is 2. The fraction of sp³-hybridized carbons (Fsp3) is 0.524. The first kappa shape index (κ1) is 30.1. The molecule has 20 nitrogen and oxygen atoms in total. The quantitative estimate of drug-likeness (QED) is 0.0367. The van der Waals surface area contributed by atoms with E-state index in [-0.39, 0.29) is 47.0 Å². The average molecular weight is 641 g/mol. The third-order valence-electron chi connectivity index (χ3n) is 6.87. The number of carboxylic acid groups (broad SMARTS) is 1. The molecule has 4 heterocycles. The van der Waals surface area contributed by atoms with E-state index in [0.717, 1.165) is 29.2 Å². The summed E-state index contributed by atoms with van der Waals surface area (Å²) in [4.78, 5) is 51.8. The van der Waals surface area contributed by atoms with Crippen molar-refractivity contribution in [3.05, 3.63) is 23.0 Å². The molecular formula is C21H28N12O8S2. The van der Waals surface area contributed by atoms with Crippen molar-refractivity contribution in [3.8, 4) is 0 Å². The van der Waals surface area contributed by atoms with Crippen LogP contribution in [0.15, 0.2) is 21.7 Å². The van der Waals surface area contributed by atoms with E-state index in [9.17, 15) is 32.5 Å². The fourth-order valence-electron chi connectivity index (χ4n) is 4.17. The Morgan fingerprint density at radius 3 is 2.65 bits per heavy atom. The van der Waals surface area contributed by atoms with Crippen molar-refractivity contribution in [2.24, 2.45) is 21.8 Å². The van der Waals surface area contributed by atoms with Gasteiger partial charge in [-0.3, -0.25) is 14.1 Å². The second-order valence-electron chi connectivity index (χ2n) is 10.0. The molecule has 2 aliphatic heterocycles. The van der Waals surface area contributed by atoms with E-state index in [1.54, 1.807) is 0 Å². The SMILES string of the molecule is NC(=NCc1cnn(C[C@@H]2[C@H](NC(=O)/C(=N\OC3(C(=O)O)CC3)c3csc(N)n3)C(=O)N2S(=O)(=O)O)n1)NCC1CNC1. The molecule has 22 heteroatoms. The first-order valence-electron chi connectivity index (χ1n) is 12.8. The topological polar surface area (TPSA) is 295 Å². The van der Waals surface area contributed by atoms with Crippen molar-refractivity contribution in [2.75, 3.05) is 25.4 Å². The van der Waals surface area contributed by atoms with Crippen molar-refractivity contribution in [2.45, 2.75) is 43.6 Å². The summed E-state index contributed by atoms with van der Waals surface area (Å²) in [6.07, 6.45) is 1.69. The summed E-state index contributed by atoms with van der Waals surface area (Å²) in [5.41, 5.74) is 9.76. The highest BCUT2D eigenvalue weighted by Crippen LogP contribution is 2.40. The van der Waals surface area contributed by atoms with E-state index in [2.05, 4.69) is 41.3 Å². The number of guanidine groups is 1. The Labute approximate surface area is 247 Å². The lowest BCUT2D eigenvalue weighted by molar-refractivity contribution is -0.153. The predicted molar refractivity (Wildman–Crippen MR) is 148 cm³/mol. The number of hydrogen-bond donors (Lipinski definition) is 7. The second kappa shape index (κ2) is 11.7. The van der Waals surface area contributed by atoms with Crippen molar-refractivity contribution in [3.63, 3.8) is 0 Å². The molecule has 2 saturated heterocycles. The number of rotatable bonds is 13. The van der Waals surface area contributed by atoms with E-state index < -0.39 is 51.5 Å². The van der Waals surface area contributed by atoms with E-state index in [1.807, 2.05) is 0 Å². The molecule has 3 fully saturated rings. The summed E-state index contributed by atoms with van der Waals surface area (Å²) < 4.78 is 33.7. The lowest BCUT2D eigenvalue weighted by Crippen LogP contribution is -2.73. The van der Waals surface area contributed by atoms with Crippen LogP contribution in [0.5, 0.6) is 0 Å². The third-order valence-corrected chi connectivity index (χ3v) is 8.49. The highest BCUT2D eigenvalue weighted by molar-refractivity contribution is 7.84. The first-order valence-corrected chi connectivity index (χ1v) is 15.1. The van der Waals surface area contributed by atoms with Crippen LogP contribution in [0.4, 0.5) is 5.13 Å². The van der Waals surface area contributed by atoms with Crippen LogP contribution in [0.3, 0.4) is 0 Å². The molecule has 2 aromatic heterocycles. The first-order chi connectivity index (χ1) is 20.4. The number of anilines is 1. The lowest BCUT2D eigenvalue weighted by Gasteiger charge is -2.43. The van der Waals surface area contributed by atoms with E-state index in [0.29, 0.717) is 18.2 Å². The Morgan fingerprint density at radius 1 is 1.33 bits per heavy atom. The zero-order valence-electron chi connectivity index (χ0n) is 22.3. The van der Waals surface area contributed by atoms with Crippen LogP contribution >= 0.6 is 11.3 Å². The predicted octanol–water partition coefficient (Wildman–Crippen LogP) is -3.52. The van der Waals surface area contributed by atoms with E-state index >= 15 is 0 Å². The van der Waals surface area contributed by atoms with Gasteiger partial charge >= 0.3 is 16.3 Å². The number of aromatic nitrogens is 4. The zero-order valence-corrected chi connectivity index (χ0v) is 23.9. The number of carbonyl (C=O) groups excluding carboxylic acids is 2. The number of thiazole rings is 1. The third kappa shape index (κ3) is 6.65. The number of aliphatic carboxylic acids is 1. The molecule has 9 N–H and O–H groups in total. The van der Waals surface area contributed by atoms with Crippen molar-refractivity contribution >= 4 is 56.2 Å². The summed E-state index contributed by atoms with van der Waals surface area (Å²) in [5.74, 6) is -2.76.